The summed E-state index contributed by atoms with van der Waals surface area (Å²) in [5.74, 6) is 0.0542. The summed E-state index contributed by atoms with van der Waals surface area (Å²) in [5.41, 5.74) is 2.25. The molecule has 0 N–H and O–H groups in total. The van der Waals surface area contributed by atoms with Gasteiger partial charge in [0, 0.05) is 32.6 Å². The number of carbonyl (C=O) groups excluding carboxylic acids is 2. The van der Waals surface area contributed by atoms with Crippen LogP contribution in [0.4, 0.5) is 0 Å². The maximum absolute atomic E-state index is 12.5. The van der Waals surface area contributed by atoms with Crippen LogP contribution in [0.2, 0.25) is 0 Å². The quantitative estimate of drug-likeness (QED) is 0.791. The van der Waals surface area contributed by atoms with Crippen molar-refractivity contribution in [2.75, 3.05) is 26.2 Å². The molecule has 0 bridgehead atoms. The van der Waals surface area contributed by atoms with E-state index in [2.05, 4.69) is 4.90 Å². The number of ether oxygens (including phenoxy) is 1. The molecule has 2 heterocycles. The third kappa shape index (κ3) is 3.55. The molecule has 0 spiro atoms. The monoisotopic (exact) mass is 316 g/mol. The van der Waals surface area contributed by atoms with Gasteiger partial charge in [0.15, 0.2) is 0 Å². The number of nitrogens with zero attached hydrogens (tertiary/aromatic N) is 2. The zero-order valence-electron chi connectivity index (χ0n) is 13.8. The average Bonchev–Trinajstić information content (AvgIpc) is 2.88. The van der Waals surface area contributed by atoms with Gasteiger partial charge in [-0.15, -0.1) is 0 Å². The van der Waals surface area contributed by atoms with Crippen molar-refractivity contribution in [3.63, 3.8) is 0 Å². The zero-order valence-corrected chi connectivity index (χ0v) is 13.8. The van der Waals surface area contributed by atoms with Crippen molar-refractivity contribution in [3.05, 3.63) is 35.4 Å². The minimum Gasteiger partial charge on any atom is -0.461 e. The van der Waals surface area contributed by atoms with E-state index in [1.165, 1.54) is 0 Å². The van der Waals surface area contributed by atoms with Crippen LogP contribution in [-0.4, -0.2) is 60.0 Å². The Morgan fingerprint density at radius 1 is 1.22 bits per heavy atom. The van der Waals surface area contributed by atoms with E-state index in [1.54, 1.807) is 0 Å². The van der Waals surface area contributed by atoms with Crippen molar-refractivity contribution >= 4 is 11.9 Å². The summed E-state index contributed by atoms with van der Waals surface area (Å²) < 4.78 is 5.23. The number of rotatable bonds is 3. The largest absolute Gasteiger partial charge is 0.461 e. The van der Waals surface area contributed by atoms with Crippen LogP contribution in [0.3, 0.4) is 0 Å². The van der Waals surface area contributed by atoms with Crippen LogP contribution in [0.15, 0.2) is 24.3 Å². The molecule has 0 unspecified atom stereocenters. The van der Waals surface area contributed by atoms with Gasteiger partial charge in [0.2, 0.25) is 5.91 Å². The van der Waals surface area contributed by atoms with Gasteiger partial charge in [-0.25, -0.2) is 0 Å². The maximum atomic E-state index is 12.5. The molecule has 0 saturated carbocycles. The lowest BCUT2D eigenvalue weighted by Crippen LogP contribution is -2.53. The average molecular weight is 316 g/mol. The molecular weight excluding hydrogens is 292 g/mol. The van der Waals surface area contributed by atoms with Gasteiger partial charge in [-0.05, 0) is 25.0 Å². The summed E-state index contributed by atoms with van der Waals surface area (Å²) in [6.45, 7) is 6.82. The van der Waals surface area contributed by atoms with Gasteiger partial charge >= 0.3 is 5.97 Å². The highest BCUT2D eigenvalue weighted by atomic mass is 16.6. The van der Waals surface area contributed by atoms with Crippen LogP contribution >= 0.6 is 0 Å². The number of piperazine rings is 1. The van der Waals surface area contributed by atoms with Crippen LogP contribution in [0, 0.1) is 6.92 Å². The Hall–Kier alpha value is -1.88. The van der Waals surface area contributed by atoms with E-state index >= 15 is 0 Å². The minimum absolute atomic E-state index is 0.00761. The molecule has 0 aliphatic carbocycles. The second-order valence-corrected chi connectivity index (χ2v) is 6.52. The Morgan fingerprint density at radius 3 is 2.52 bits per heavy atom. The van der Waals surface area contributed by atoms with Crippen molar-refractivity contribution in [2.24, 2.45) is 0 Å². The molecular formula is C18H24N2O3. The minimum atomic E-state index is -0.126. The number of aryl methyl sites for hydroxylation is 1. The SMILES string of the molecule is Cc1ccccc1CC(=O)N1CCN([C@@H]2C[C@@H](C)OC2=O)CC1. The number of hydrogen-bond acceptors (Lipinski definition) is 4. The molecule has 3 rings (SSSR count). The predicted molar refractivity (Wildman–Crippen MR) is 87.0 cm³/mol. The lowest BCUT2D eigenvalue weighted by Gasteiger charge is -2.36. The Bertz CT molecular complexity index is 594. The summed E-state index contributed by atoms with van der Waals surface area (Å²) in [6, 6.07) is 7.88. The molecule has 0 radical (unpaired) electrons. The van der Waals surface area contributed by atoms with Gasteiger partial charge in [-0.1, -0.05) is 24.3 Å². The van der Waals surface area contributed by atoms with Gasteiger partial charge in [0.05, 0.1) is 6.42 Å². The molecule has 2 saturated heterocycles. The van der Waals surface area contributed by atoms with Crippen LogP contribution in [0.1, 0.15) is 24.5 Å². The first kappa shape index (κ1) is 16.0. The third-order valence-electron chi connectivity index (χ3n) is 4.86. The number of benzene rings is 1. The molecule has 2 aliphatic heterocycles. The Kier molecular flexibility index (Phi) is 4.66. The first-order valence-corrected chi connectivity index (χ1v) is 8.31. The van der Waals surface area contributed by atoms with Crippen LogP contribution in [0.25, 0.3) is 0 Å². The standard InChI is InChI=1S/C18H24N2O3/c1-13-5-3-4-6-15(13)12-17(21)20-9-7-19(8-10-20)16-11-14(2)23-18(16)22/h3-6,14,16H,7-12H2,1-2H3/t14-,16-/m1/s1. The molecule has 2 fully saturated rings. The summed E-state index contributed by atoms with van der Waals surface area (Å²) in [7, 11) is 0. The second kappa shape index (κ2) is 6.71. The van der Waals surface area contributed by atoms with Crippen molar-refractivity contribution in [2.45, 2.75) is 38.8 Å². The number of amides is 1. The lowest BCUT2D eigenvalue weighted by molar-refractivity contribution is -0.145. The van der Waals surface area contributed by atoms with Crippen LogP contribution < -0.4 is 0 Å². The van der Waals surface area contributed by atoms with Crippen LogP contribution in [0.5, 0.6) is 0 Å². The molecule has 1 amide bonds. The van der Waals surface area contributed by atoms with E-state index in [0.717, 1.165) is 30.6 Å². The highest BCUT2D eigenvalue weighted by Crippen LogP contribution is 2.21. The first-order valence-electron chi connectivity index (χ1n) is 8.31. The van der Waals surface area contributed by atoms with E-state index in [-0.39, 0.29) is 24.0 Å². The number of hydrogen-bond donors (Lipinski definition) is 0. The van der Waals surface area contributed by atoms with Gasteiger partial charge in [0.1, 0.15) is 12.1 Å². The van der Waals surface area contributed by atoms with Gasteiger partial charge < -0.3 is 9.64 Å². The Balaban J connectivity index is 1.54. The summed E-state index contributed by atoms with van der Waals surface area (Å²) >= 11 is 0. The maximum Gasteiger partial charge on any atom is 0.323 e. The molecule has 124 valence electrons. The number of carbonyl (C=O) groups is 2. The van der Waals surface area contributed by atoms with Gasteiger partial charge in [0.25, 0.3) is 0 Å². The molecule has 1 aromatic rings. The molecule has 1 aromatic carbocycles. The second-order valence-electron chi connectivity index (χ2n) is 6.52. The number of cyclic esters (lactones) is 1. The number of esters is 1. The van der Waals surface area contributed by atoms with Gasteiger partial charge in [-0.2, -0.15) is 0 Å². The normalized spacial score (nSPS) is 25.5. The molecule has 5 heteroatoms. The highest BCUT2D eigenvalue weighted by molar-refractivity contribution is 5.80. The van der Waals surface area contributed by atoms with Crippen molar-refractivity contribution in [3.8, 4) is 0 Å². The fourth-order valence-electron chi connectivity index (χ4n) is 3.40. The topological polar surface area (TPSA) is 49.9 Å². The van der Waals surface area contributed by atoms with E-state index in [0.29, 0.717) is 19.5 Å². The molecule has 5 nitrogen and oxygen atoms in total. The zero-order chi connectivity index (χ0) is 16.4. The van der Waals surface area contributed by atoms with Crippen molar-refractivity contribution in [1.82, 2.24) is 9.80 Å². The summed E-state index contributed by atoms with van der Waals surface area (Å²) in [6.07, 6.45) is 1.22. The van der Waals surface area contributed by atoms with Gasteiger partial charge in [-0.3, -0.25) is 14.5 Å². The predicted octanol–water partition coefficient (Wildman–Crippen LogP) is 1.39. The third-order valence-corrected chi connectivity index (χ3v) is 4.86. The molecule has 2 atom stereocenters. The summed E-state index contributed by atoms with van der Waals surface area (Å²) in [4.78, 5) is 28.4. The smallest absolute Gasteiger partial charge is 0.323 e. The van der Waals surface area contributed by atoms with Crippen molar-refractivity contribution < 1.29 is 14.3 Å². The molecule has 2 aliphatic rings. The highest BCUT2D eigenvalue weighted by Gasteiger charge is 2.38. The van der Waals surface area contributed by atoms with Crippen LogP contribution in [-0.2, 0) is 20.7 Å². The van der Waals surface area contributed by atoms with E-state index in [4.69, 9.17) is 4.74 Å². The summed E-state index contributed by atoms with van der Waals surface area (Å²) in [5, 5.41) is 0. The molecule has 0 aromatic heterocycles. The fourth-order valence-corrected chi connectivity index (χ4v) is 3.40. The Labute approximate surface area is 137 Å². The lowest BCUT2D eigenvalue weighted by atomic mass is 10.0. The van der Waals surface area contributed by atoms with E-state index < -0.39 is 0 Å². The Morgan fingerprint density at radius 2 is 1.91 bits per heavy atom. The first-order chi connectivity index (χ1) is 11.0. The van der Waals surface area contributed by atoms with Crippen molar-refractivity contribution in [1.29, 1.82) is 0 Å². The molecule has 23 heavy (non-hydrogen) atoms. The van der Waals surface area contributed by atoms with E-state index in [9.17, 15) is 9.59 Å². The fraction of sp³-hybridized carbons (Fsp3) is 0.556. The van der Waals surface area contributed by atoms with E-state index in [1.807, 2.05) is 43.0 Å².